The lowest BCUT2D eigenvalue weighted by Crippen LogP contribution is -2.23. The van der Waals surface area contributed by atoms with E-state index in [1.165, 1.54) is 5.56 Å². The van der Waals surface area contributed by atoms with Crippen LogP contribution in [0.15, 0.2) is 36.5 Å². The molecule has 0 spiro atoms. The number of nitrogens with zero attached hydrogens (tertiary/aromatic N) is 2. The summed E-state index contributed by atoms with van der Waals surface area (Å²) in [6, 6.07) is 9.98. The van der Waals surface area contributed by atoms with Crippen LogP contribution in [0, 0.1) is 0 Å². The minimum atomic E-state index is -0.204. The van der Waals surface area contributed by atoms with Gasteiger partial charge < -0.3 is 10.5 Å². The summed E-state index contributed by atoms with van der Waals surface area (Å²) in [5.41, 5.74) is 8.45. The van der Waals surface area contributed by atoms with E-state index in [2.05, 4.69) is 24.2 Å². The quantitative estimate of drug-likeness (QED) is 0.891. The zero-order valence-electron chi connectivity index (χ0n) is 11.8. The van der Waals surface area contributed by atoms with Crippen molar-refractivity contribution in [1.82, 2.24) is 9.78 Å². The van der Waals surface area contributed by atoms with Crippen molar-refractivity contribution in [3.8, 4) is 0 Å². The second-order valence-corrected chi connectivity index (χ2v) is 5.23. The molecule has 0 saturated heterocycles. The Hall–Kier alpha value is -1.36. The number of rotatable bonds is 6. The van der Waals surface area contributed by atoms with Crippen molar-refractivity contribution >= 4 is 11.6 Å². The number of benzene rings is 1. The normalized spacial score (nSPS) is 14.2. The van der Waals surface area contributed by atoms with Crippen LogP contribution in [0.5, 0.6) is 0 Å². The predicted molar refractivity (Wildman–Crippen MR) is 80.9 cm³/mol. The molecule has 108 valence electrons. The maximum absolute atomic E-state index is 6.40. The summed E-state index contributed by atoms with van der Waals surface area (Å²) in [4.78, 5) is 0. The fraction of sp³-hybridized carbons (Fsp3) is 0.400. The van der Waals surface area contributed by atoms with Crippen LogP contribution >= 0.6 is 11.6 Å². The Bertz CT molecular complexity index is 541. The van der Waals surface area contributed by atoms with Gasteiger partial charge in [0, 0.05) is 13.0 Å². The van der Waals surface area contributed by atoms with Crippen molar-refractivity contribution < 1.29 is 4.74 Å². The highest BCUT2D eigenvalue weighted by Gasteiger charge is 2.23. The first-order valence-corrected chi connectivity index (χ1v) is 7.03. The molecule has 1 aromatic heterocycles. The van der Waals surface area contributed by atoms with Crippen LogP contribution in [0.3, 0.4) is 0 Å². The van der Waals surface area contributed by atoms with E-state index in [-0.39, 0.29) is 12.0 Å². The molecule has 2 aromatic rings. The maximum Gasteiger partial charge on any atom is 0.0834 e. The van der Waals surface area contributed by atoms with Crippen LogP contribution in [-0.2, 0) is 11.3 Å². The van der Waals surface area contributed by atoms with Gasteiger partial charge in [-0.25, -0.2) is 0 Å². The summed E-state index contributed by atoms with van der Waals surface area (Å²) in [7, 11) is 1.66. The summed E-state index contributed by atoms with van der Waals surface area (Å²) in [5, 5.41) is 4.88. The van der Waals surface area contributed by atoms with Gasteiger partial charge in [0.1, 0.15) is 0 Å². The van der Waals surface area contributed by atoms with Crippen molar-refractivity contribution in [1.29, 1.82) is 0 Å². The van der Waals surface area contributed by atoms with Gasteiger partial charge in [-0.05, 0) is 5.56 Å². The minimum absolute atomic E-state index is 0.159. The Balaban J connectivity index is 2.24. The average molecular weight is 294 g/mol. The average Bonchev–Trinajstić information content (AvgIpc) is 2.85. The summed E-state index contributed by atoms with van der Waals surface area (Å²) in [5.74, 6) is 0.159. The number of hydrogen-bond donors (Lipinski definition) is 1. The highest BCUT2D eigenvalue weighted by atomic mass is 35.5. The van der Waals surface area contributed by atoms with Gasteiger partial charge in [-0.1, -0.05) is 48.9 Å². The zero-order chi connectivity index (χ0) is 14.5. The molecular weight excluding hydrogens is 274 g/mol. The van der Waals surface area contributed by atoms with E-state index in [9.17, 15) is 0 Å². The van der Waals surface area contributed by atoms with Crippen LogP contribution < -0.4 is 5.73 Å². The Morgan fingerprint density at radius 3 is 2.70 bits per heavy atom. The molecule has 2 rings (SSSR count). The second-order valence-electron chi connectivity index (χ2n) is 4.82. The minimum Gasteiger partial charge on any atom is -0.383 e. The smallest absolute Gasteiger partial charge is 0.0834 e. The highest BCUT2D eigenvalue weighted by molar-refractivity contribution is 6.31. The van der Waals surface area contributed by atoms with Crippen molar-refractivity contribution in [2.75, 3.05) is 13.7 Å². The molecule has 0 aliphatic rings. The third kappa shape index (κ3) is 3.20. The molecule has 0 radical (unpaired) electrons. The fourth-order valence-corrected chi connectivity index (χ4v) is 2.53. The molecule has 4 nitrogen and oxygen atoms in total. The number of ether oxygens (including phenoxy) is 1. The van der Waals surface area contributed by atoms with Gasteiger partial charge in [-0.3, -0.25) is 4.68 Å². The van der Waals surface area contributed by atoms with Crippen LogP contribution in [0.2, 0.25) is 5.02 Å². The van der Waals surface area contributed by atoms with Crippen LogP contribution in [-0.4, -0.2) is 23.5 Å². The molecule has 0 amide bonds. The number of nitrogens with two attached hydrogens (primary N) is 1. The molecule has 0 aliphatic carbocycles. The fourth-order valence-electron chi connectivity index (χ4n) is 2.26. The number of aromatic nitrogens is 2. The van der Waals surface area contributed by atoms with Gasteiger partial charge in [-0.15, -0.1) is 0 Å². The molecule has 1 aromatic carbocycles. The SMILES string of the molecule is COCCn1ncc(Cl)c1C(N)C(C)c1ccccc1. The van der Waals surface area contributed by atoms with E-state index >= 15 is 0 Å². The molecule has 20 heavy (non-hydrogen) atoms. The Morgan fingerprint density at radius 1 is 1.35 bits per heavy atom. The molecule has 2 atom stereocenters. The third-order valence-corrected chi connectivity index (χ3v) is 3.81. The molecule has 0 aliphatic heterocycles. The summed E-state index contributed by atoms with van der Waals surface area (Å²) in [6.07, 6.45) is 1.64. The highest BCUT2D eigenvalue weighted by Crippen LogP contribution is 2.32. The van der Waals surface area contributed by atoms with Gasteiger partial charge >= 0.3 is 0 Å². The van der Waals surface area contributed by atoms with Crippen molar-refractivity contribution in [2.45, 2.75) is 25.4 Å². The lowest BCUT2D eigenvalue weighted by atomic mass is 9.92. The molecule has 5 heteroatoms. The van der Waals surface area contributed by atoms with E-state index < -0.39 is 0 Å². The topological polar surface area (TPSA) is 53.1 Å². The van der Waals surface area contributed by atoms with E-state index in [0.717, 1.165) is 5.69 Å². The number of methoxy groups -OCH3 is 1. The van der Waals surface area contributed by atoms with E-state index in [1.807, 2.05) is 22.9 Å². The Labute approximate surface area is 124 Å². The molecule has 2 unspecified atom stereocenters. The third-order valence-electron chi connectivity index (χ3n) is 3.52. The Kier molecular flexibility index (Phi) is 5.17. The van der Waals surface area contributed by atoms with Crippen molar-refractivity contribution in [2.24, 2.45) is 5.73 Å². The van der Waals surface area contributed by atoms with Crippen molar-refractivity contribution in [3.63, 3.8) is 0 Å². The first-order valence-electron chi connectivity index (χ1n) is 6.65. The molecular formula is C15H20ClN3O. The van der Waals surface area contributed by atoms with Gasteiger partial charge in [0.25, 0.3) is 0 Å². The van der Waals surface area contributed by atoms with E-state index in [0.29, 0.717) is 18.2 Å². The summed E-state index contributed by atoms with van der Waals surface area (Å²) >= 11 is 6.25. The monoisotopic (exact) mass is 293 g/mol. The van der Waals surface area contributed by atoms with Crippen LogP contribution in [0.25, 0.3) is 0 Å². The van der Waals surface area contributed by atoms with Crippen LogP contribution in [0.4, 0.5) is 0 Å². The second kappa shape index (κ2) is 6.88. The van der Waals surface area contributed by atoms with Gasteiger partial charge in [0.15, 0.2) is 0 Å². The molecule has 1 heterocycles. The number of halogens is 1. The van der Waals surface area contributed by atoms with Crippen molar-refractivity contribution in [3.05, 3.63) is 52.8 Å². The summed E-state index contributed by atoms with van der Waals surface area (Å²) in [6.45, 7) is 3.33. The maximum atomic E-state index is 6.40. The zero-order valence-corrected chi connectivity index (χ0v) is 12.5. The van der Waals surface area contributed by atoms with E-state index in [1.54, 1.807) is 13.3 Å². The molecule has 0 fully saturated rings. The molecule has 2 N–H and O–H groups in total. The molecule has 0 saturated carbocycles. The number of hydrogen-bond acceptors (Lipinski definition) is 3. The van der Waals surface area contributed by atoms with Gasteiger partial charge in [-0.2, -0.15) is 5.10 Å². The lowest BCUT2D eigenvalue weighted by Gasteiger charge is -2.22. The van der Waals surface area contributed by atoms with Gasteiger partial charge in [0.05, 0.1) is 36.1 Å². The van der Waals surface area contributed by atoms with Crippen LogP contribution in [0.1, 0.15) is 30.1 Å². The standard InChI is InChI=1S/C15H20ClN3O/c1-11(12-6-4-3-5-7-12)14(17)15-13(16)10-18-19(15)8-9-20-2/h3-7,10-11,14H,8-9,17H2,1-2H3. The molecule has 0 bridgehead atoms. The Morgan fingerprint density at radius 2 is 2.05 bits per heavy atom. The van der Waals surface area contributed by atoms with E-state index in [4.69, 9.17) is 22.1 Å². The largest absolute Gasteiger partial charge is 0.383 e. The summed E-state index contributed by atoms with van der Waals surface area (Å²) < 4.78 is 6.92. The lowest BCUT2D eigenvalue weighted by molar-refractivity contribution is 0.181. The first-order chi connectivity index (χ1) is 9.65. The first kappa shape index (κ1) is 15.0. The predicted octanol–water partition coefficient (Wildman–Crippen LogP) is 2.99. The van der Waals surface area contributed by atoms with Gasteiger partial charge in [0.2, 0.25) is 0 Å².